The van der Waals surface area contributed by atoms with Gasteiger partial charge in [0, 0.05) is 6.61 Å². The molecule has 3 aromatic carbocycles. The number of aliphatic carboxylic acids is 1. The Kier molecular flexibility index (Phi) is 9.87. The van der Waals surface area contributed by atoms with Crippen molar-refractivity contribution in [3.05, 3.63) is 82.9 Å². The molecule has 0 amide bonds. The van der Waals surface area contributed by atoms with Crippen molar-refractivity contribution in [3.8, 4) is 22.6 Å². The van der Waals surface area contributed by atoms with E-state index in [0.717, 1.165) is 33.4 Å². The summed E-state index contributed by atoms with van der Waals surface area (Å²) in [5, 5.41) is 27.7. The first-order chi connectivity index (χ1) is 17.3. The van der Waals surface area contributed by atoms with Crippen LogP contribution in [0, 0.1) is 13.8 Å². The first-order valence-corrected chi connectivity index (χ1v) is 12.0. The Bertz CT molecular complexity index is 1110. The zero-order valence-electron chi connectivity index (χ0n) is 20.9. The highest BCUT2D eigenvalue weighted by atomic mass is 16.5. The van der Waals surface area contributed by atoms with Gasteiger partial charge in [-0.3, -0.25) is 4.79 Å². The summed E-state index contributed by atoms with van der Waals surface area (Å²) in [6, 6.07) is 19.3. The maximum Gasteiger partial charge on any atom is 0.306 e. The van der Waals surface area contributed by atoms with E-state index in [0.29, 0.717) is 24.7 Å². The molecule has 36 heavy (non-hydrogen) atoms. The Morgan fingerprint density at radius 3 is 2.17 bits per heavy atom. The lowest BCUT2D eigenvalue weighted by molar-refractivity contribution is -0.140. The number of hydrogen-bond acceptors (Lipinski definition) is 6. The molecule has 7 nitrogen and oxygen atoms in total. The van der Waals surface area contributed by atoms with Gasteiger partial charge in [-0.25, -0.2) is 0 Å². The van der Waals surface area contributed by atoms with Crippen LogP contribution in [0.25, 0.3) is 11.1 Å². The van der Waals surface area contributed by atoms with Gasteiger partial charge < -0.3 is 29.5 Å². The number of benzene rings is 3. The summed E-state index contributed by atoms with van der Waals surface area (Å²) in [6.45, 7) is 6.17. The third-order valence-electron chi connectivity index (χ3n) is 5.82. The molecule has 0 spiro atoms. The number of hydrogen-bond donors (Lipinski definition) is 3. The maximum absolute atomic E-state index is 11.1. The summed E-state index contributed by atoms with van der Waals surface area (Å²) >= 11 is 0. The molecule has 0 aliphatic rings. The molecule has 1 atom stereocenters. The molecular formula is C29H34O7. The standard InChI is InChI=1S/C29H34O7/c1-4-34-27(15-28(32)33)22-8-10-24(11-9-22)35-18-21-6-5-7-23(14-21)29-19(2)12-25(13-20(29)3)36-26(16-30)17-31/h5-14,26-27,30-31H,4,15-18H2,1-3H3,(H,32,33)/t27-/m0/s1. The molecule has 0 unspecified atom stereocenters. The zero-order chi connectivity index (χ0) is 26.1. The van der Waals surface area contributed by atoms with E-state index in [4.69, 9.17) is 19.3 Å². The van der Waals surface area contributed by atoms with Crippen LogP contribution in [-0.2, 0) is 16.1 Å². The molecule has 0 bridgehead atoms. The number of carboxylic acid groups (broad SMARTS) is 1. The van der Waals surface area contributed by atoms with Gasteiger partial charge in [0.2, 0.25) is 0 Å². The number of aryl methyl sites for hydroxylation is 2. The van der Waals surface area contributed by atoms with Crippen molar-refractivity contribution in [2.45, 2.75) is 46.0 Å². The molecule has 0 fully saturated rings. The van der Waals surface area contributed by atoms with E-state index in [9.17, 15) is 15.0 Å². The van der Waals surface area contributed by atoms with E-state index < -0.39 is 18.2 Å². The first-order valence-electron chi connectivity index (χ1n) is 12.0. The fraction of sp³-hybridized carbons (Fsp3) is 0.345. The minimum Gasteiger partial charge on any atom is -0.489 e. The summed E-state index contributed by atoms with van der Waals surface area (Å²) in [6.07, 6.45) is -1.22. The van der Waals surface area contributed by atoms with E-state index in [1.165, 1.54) is 0 Å². The fourth-order valence-electron chi connectivity index (χ4n) is 4.17. The van der Waals surface area contributed by atoms with Gasteiger partial charge in [-0.05, 0) is 84.5 Å². The number of aliphatic hydroxyl groups is 2. The summed E-state index contributed by atoms with van der Waals surface area (Å²) in [4.78, 5) is 11.1. The van der Waals surface area contributed by atoms with Crippen molar-refractivity contribution >= 4 is 5.97 Å². The number of ether oxygens (including phenoxy) is 3. The number of carbonyl (C=O) groups is 1. The predicted molar refractivity (Wildman–Crippen MR) is 137 cm³/mol. The minimum absolute atomic E-state index is 0.0871. The number of carboxylic acids is 1. The van der Waals surface area contributed by atoms with E-state index in [2.05, 4.69) is 12.1 Å². The molecule has 0 saturated heterocycles. The van der Waals surface area contributed by atoms with Crippen LogP contribution in [0.3, 0.4) is 0 Å². The Morgan fingerprint density at radius 2 is 1.58 bits per heavy atom. The summed E-state index contributed by atoms with van der Waals surface area (Å²) in [5.74, 6) is 0.395. The molecular weight excluding hydrogens is 460 g/mol. The Labute approximate surface area is 211 Å². The van der Waals surface area contributed by atoms with Gasteiger partial charge >= 0.3 is 5.97 Å². The first kappa shape index (κ1) is 27.2. The second kappa shape index (κ2) is 13.1. The van der Waals surface area contributed by atoms with Gasteiger partial charge in [-0.1, -0.05) is 30.3 Å². The van der Waals surface area contributed by atoms with Crippen molar-refractivity contribution in [1.29, 1.82) is 0 Å². The maximum atomic E-state index is 11.1. The third kappa shape index (κ3) is 7.31. The molecule has 0 saturated carbocycles. The highest BCUT2D eigenvalue weighted by Gasteiger charge is 2.16. The average Bonchev–Trinajstić information content (AvgIpc) is 2.86. The van der Waals surface area contributed by atoms with Crippen LogP contribution >= 0.6 is 0 Å². The molecule has 3 rings (SSSR count). The predicted octanol–water partition coefficient (Wildman–Crippen LogP) is 4.83. The smallest absolute Gasteiger partial charge is 0.306 e. The van der Waals surface area contributed by atoms with E-state index in [-0.39, 0.29) is 19.6 Å². The third-order valence-corrected chi connectivity index (χ3v) is 5.82. The lowest BCUT2D eigenvalue weighted by Gasteiger charge is -2.18. The van der Waals surface area contributed by atoms with Gasteiger partial charge in [-0.15, -0.1) is 0 Å². The van der Waals surface area contributed by atoms with E-state index >= 15 is 0 Å². The number of aliphatic hydroxyl groups excluding tert-OH is 2. The Balaban J connectivity index is 1.71. The molecule has 192 valence electrons. The van der Waals surface area contributed by atoms with E-state index in [1.54, 1.807) is 0 Å². The van der Waals surface area contributed by atoms with Gasteiger partial charge in [0.15, 0.2) is 0 Å². The van der Waals surface area contributed by atoms with Gasteiger partial charge in [0.1, 0.15) is 24.2 Å². The summed E-state index contributed by atoms with van der Waals surface area (Å²) < 4.78 is 17.2. The van der Waals surface area contributed by atoms with Crippen molar-refractivity contribution < 1.29 is 34.3 Å². The van der Waals surface area contributed by atoms with Crippen LogP contribution in [0.5, 0.6) is 11.5 Å². The van der Waals surface area contributed by atoms with E-state index in [1.807, 2.05) is 69.3 Å². The summed E-state index contributed by atoms with van der Waals surface area (Å²) in [5.41, 5.74) is 6.02. The highest BCUT2D eigenvalue weighted by Crippen LogP contribution is 2.32. The second-order valence-corrected chi connectivity index (χ2v) is 8.64. The molecule has 0 heterocycles. The molecule has 0 radical (unpaired) electrons. The molecule has 0 aromatic heterocycles. The van der Waals surface area contributed by atoms with Gasteiger partial charge in [-0.2, -0.15) is 0 Å². The minimum atomic E-state index is -0.902. The second-order valence-electron chi connectivity index (χ2n) is 8.64. The van der Waals surface area contributed by atoms with Crippen molar-refractivity contribution in [2.24, 2.45) is 0 Å². The lowest BCUT2D eigenvalue weighted by atomic mass is 9.94. The van der Waals surface area contributed by atoms with Crippen LogP contribution in [0.1, 0.15) is 41.7 Å². The van der Waals surface area contributed by atoms with Gasteiger partial charge in [0.25, 0.3) is 0 Å². The molecule has 3 aromatic rings. The van der Waals surface area contributed by atoms with Crippen molar-refractivity contribution in [3.63, 3.8) is 0 Å². The number of rotatable bonds is 13. The van der Waals surface area contributed by atoms with Crippen LogP contribution in [-0.4, -0.2) is 47.2 Å². The largest absolute Gasteiger partial charge is 0.489 e. The average molecular weight is 495 g/mol. The van der Waals surface area contributed by atoms with Crippen LogP contribution in [0.2, 0.25) is 0 Å². The fourth-order valence-corrected chi connectivity index (χ4v) is 4.17. The summed E-state index contributed by atoms with van der Waals surface area (Å²) in [7, 11) is 0. The Morgan fingerprint density at radius 1 is 0.917 bits per heavy atom. The SMILES string of the molecule is CCO[C@@H](CC(=O)O)c1ccc(OCc2cccc(-c3c(C)cc(OC(CO)CO)cc3C)c2)cc1. The van der Waals surface area contributed by atoms with Gasteiger partial charge in [0.05, 0.1) is 25.7 Å². The zero-order valence-corrected chi connectivity index (χ0v) is 20.9. The highest BCUT2D eigenvalue weighted by molar-refractivity contribution is 5.72. The normalized spacial score (nSPS) is 11.9. The molecule has 7 heteroatoms. The van der Waals surface area contributed by atoms with Crippen LogP contribution in [0.15, 0.2) is 60.7 Å². The monoisotopic (exact) mass is 494 g/mol. The quantitative estimate of drug-likeness (QED) is 0.312. The molecule has 3 N–H and O–H groups in total. The topological polar surface area (TPSA) is 105 Å². The van der Waals surface area contributed by atoms with Crippen molar-refractivity contribution in [2.75, 3.05) is 19.8 Å². The lowest BCUT2D eigenvalue weighted by Crippen LogP contribution is -2.25. The van der Waals surface area contributed by atoms with Crippen LogP contribution < -0.4 is 9.47 Å². The molecule has 0 aliphatic heterocycles. The van der Waals surface area contributed by atoms with Crippen LogP contribution in [0.4, 0.5) is 0 Å². The van der Waals surface area contributed by atoms with Crippen molar-refractivity contribution in [1.82, 2.24) is 0 Å². The Hall–Kier alpha value is -3.39. The molecule has 0 aliphatic carbocycles.